The molecular weight excluding hydrogens is 318 g/mol. The summed E-state index contributed by atoms with van der Waals surface area (Å²) >= 11 is 0. The number of phenolic OH excluding ortho intramolecular Hbond substituents is 2. The fourth-order valence-electron chi connectivity index (χ4n) is 2.39. The second-order valence-corrected chi connectivity index (χ2v) is 5.42. The van der Waals surface area contributed by atoms with Gasteiger partial charge in [0.2, 0.25) is 0 Å². The number of nitrogens with zero attached hydrogens (tertiary/aromatic N) is 1. The lowest BCUT2D eigenvalue weighted by Gasteiger charge is -2.08. The number of nitrogens with one attached hydrogen (secondary N) is 2. The molecule has 3 aromatic rings. The number of carbonyl (C=O) groups is 1. The number of hydrazone groups is 1. The average Bonchev–Trinajstić information content (AvgIpc) is 2.63. The van der Waals surface area contributed by atoms with Gasteiger partial charge in [-0.05, 0) is 35.2 Å². The molecule has 0 atom stereocenters. The van der Waals surface area contributed by atoms with Crippen molar-refractivity contribution in [3.63, 3.8) is 0 Å². The normalized spacial score (nSPS) is 10.9. The maximum atomic E-state index is 11.9. The average molecular weight is 335 g/mol. The summed E-state index contributed by atoms with van der Waals surface area (Å²) in [6.45, 7) is 0.0756. The fraction of sp³-hybridized carbons (Fsp3) is 0.0526. The van der Waals surface area contributed by atoms with E-state index in [1.165, 1.54) is 18.3 Å². The number of benzene rings is 3. The monoisotopic (exact) mass is 335 g/mol. The number of hydrogen-bond acceptors (Lipinski definition) is 5. The van der Waals surface area contributed by atoms with Crippen LogP contribution in [-0.4, -0.2) is 28.9 Å². The van der Waals surface area contributed by atoms with Crippen LogP contribution >= 0.6 is 0 Å². The Balaban J connectivity index is 1.57. The van der Waals surface area contributed by atoms with Gasteiger partial charge in [-0.15, -0.1) is 0 Å². The van der Waals surface area contributed by atoms with Crippen molar-refractivity contribution in [1.29, 1.82) is 0 Å². The van der Waals surface area contributed by atoms with E-state index in [-0.39, 0.29) is 24.0 Å². The van der Waals surface area contributed by atoms with Gasteiger partial charge in [-0.3, -0.25) is 4.79 Å². The molecular formula is C19H17N3O3. The fourth-order valence-corrected chi connectivity index (χ4v) is 2.39. The highest BCUT2D eigenvalue weighted by atomic mass is 16.3. The number of anilines is 1. The number of carbonyl (C=O) groups excluding carboxylic acids is 1. The van der Waals surface area contributed by atoms with Crippen molar-refractivity contribution in [1.82, 2.24) is 5.43 Å². The minimum absolute atomic E-state index is 0.0756. The van der Waals surface area contributed by atoms with Gasteiger partial charge in [0, 0.05) is 11.1 Å². The third-order valence-corrected chi connectivity index (χ3v) is 3.63. The molecule has 3 rings (SSSR count). The van der Waals surface area contributed by atoms with Gasteiger partial charge in [-0.2, -0.15) is 5.10 Å². The molecule has 1 amide bonds. The summed E-state index contributed by atoms with van der Waals surface area (Å²) in [7, 11) is 0. The maximum Gasteiger partial charge on any atom is 0.259 e. The van der Waals surface area contributed by atoms with E-state index in [1.54, 1.807) is 6.07 Å². The molecule has 0 bridgehead atoms. The zero-order chi connectivity index (χ0) is 17.6. The molecule has 4 N–H and O–H groups in total. The molecule has 126 valence electrons. The van der Waals surface area contributed by atoms with Crippen LogP contribution in [0.15, 0.2) is 65.8 Å². The van der Waals surface area contributed by atoms with E-state index >= 15 is 0 Å². The second kappa shape index (κ2) is 7.35. The minimum atomic E-state index is -0.299. The van der Waals surface area contributed by atoms with Crippen molar-refractivity contribution < 1.29 is 15.0 Å². The Kier molecular flexibility index (Phi) is 4.80. The molecule has 6 heteroatoms. The van der Waals surface area contributed by atoms with Crippen LogP contribution in [-0.2, 0) is 4.79 Å². The van der Waals surface area contributed by atoms with E-state index in [9.17, 15) is 15.0 Å². The molecule has 3 aromatic carbocycles. The lowest BCUT2D eigenvalue weighted by atomic mass is 10.1. The summed E-state index contributed by atoms with van der Waals surface area (Å²) < 4.78 is 0. The van der Waals surface area contributed by atoms with E-state index in [2.05, 4.69) is 15.8 Å². The Labute approximate surface area is 144 Å². The highest BCUT2D eigenvalue weighted by Gasteiger charge is 2.03. The predicted molar refractivity (Wildman–Crippen MR) is 97.9 cm³/mol. The van der Waals surface area contributed by atoms with E-state index in [4.69, 9.17) is 0 Å². The molecule has 25 heavy (non-hydrogen) atoms. The van der Waals surface area contributed by atoms with E-state index in [0.717, 1.165) is 16.5 Å². The van der Waals surface area contributed by atoms with Crippen molar-refractivity contribution in [2.75, 3.05) is 11.9 Å². The lowest BCUT2D eigenvalue weighted by Crippen LogP contribution is -2.25. The first-order valence-electron chi connectivity index (χ1n) is 7.69. The lowest BCUT2D eigenvalue weighted by molar-refractivity contribution is -0.119. The van der Waals surface area contributed by atoms with Crippen LogP contribution in [0.4, 0.5) is 5.69 Å². The van der Waals surface area contributed by atoms with Crippen LogP contribution < -0.4 is 10.7 Å². The molecule has 0 saturated carbocycles. The topological polar surface area (TPSA) is 94.0 Å². The molecule has 6 nitrogen and oxygen atoms in total. The smallest absolute Gasteiger partial charge is 0.259 e. The molecule has 0 aromatic heterocycles. The predicted octanol–water partition coefficient (Wildman–Crippen LogP) is 2.81. The van der Waals surface area contributed by atoms with Gasteiger partial charge >= 0.3 is 0 Å². The van der Waals surface area contributed by atoms with Crippen molar-refractivity contribution in [2.45, 2.75) is 0 Å². The highest BCUT2D eigenvalue weighted by Crippen LogP contribution is 2.24. The molecule has 0 heterocycles. The number of amides is 1. The van der Waals surface area contributed by atoms with Gasteiger partial charge in [0.05, 0.1) is 12.8 Å². The molecule has 0 unspecified atom stereocenters. The van der Waals surface area contributed by atoms with Crippen LogP contribution in [0.3, 0.4) is 0 Å². The van der Waals surface area contributed by atoms with Crippen molar-refractivity contribution >= 4 is 28.6 Å². The third kappa shape index (κ3) is 4.06. The van der Waals surface area contributed by atoms with Gasteiger partial charge in [-0.25, -0.2) is 5.43 Å². The third-order valence-electron chi connectivity index (χ3n) is 3.63. The largest absolute Gasteiger partial charge is 0.504 e. The van der Waals surface area contributed by atoms with Crippen molar-refractivity contribution in [2.24, 2.45) is 5.10 Å². The van der Waals surface area contributed by atoms with Gasteiger partial charge < -0.3 is 15.5 Å². The highest BCUT2D eigenvalue weighted by molar-refractivity contribution is 5.95. The minimum Gasteiger partial charge on any atom is -0.504 e. The zero-order valence-electron chi connectivity index (χ0n) is 13.3. The van der Waals surface area contributed by atoms with Crippen molar-refractivity contribution in [3.05, 3.63) is 66.2 Å². The molecule has 0 aliphatic carbocycles. The molecule has 0 aliphatic rings. The summed E-state index contributed by atoms with van der Waals surface area (Å²) in [4.78, 5) is 11.9. The summed E-state index contributed by atoms with van der Waals surface area (Å²) in [5.74, 6) is -0.749. The quantitative estimate of drug-likeness (QED) is 0.328. The standard InChI is InChI=1S/C19H17N3O3/c23-17-9-8-13(10-18(17)24)11-21-22-19(25)12-20-16-7-3-5-14-4-1-2-6-15(14)16/h1-11,20,23-24H,12H2,(H,22,25). The van der Waals surface area contributed by atoms with Crippen LogP contribution in [0.1, 0.15) is 5.56 Å². The number of fused-ring (bicyclic) bond motifs is 1. The van der Waals surface area contributed by atoms with Crippen LogP contribution in [0.5, 0.6) is 11.5 Å². The second-order valence-electron chi connectivity index (χ2n) is 5.42. The first-order valence-corrected chi connectivity index (χ1v) is 7.69. The summed E-state index contributed by atoms with van der Waals surface area (Å²) in [5, 5.41) is 27.7. The van der Waals surface area contributed by atoms with E-state index in [0.29, 0.717) is 5.56 Å². The Bertz CT molecular complexity index is 933. The zero-order valence-corrected chi connectivity index (χ0v) is 13.3. The molecule has 0 aliphatic heterocycles. The number of aromatic hydroxyl groups is 2. The van der Waals surface area contributed by atoms with Crippen LogP contribution in [0, 0.1) is 0 Å². The molecule has 0 radical (unpaired) electrons. The van der Waals surface area contributed by atoms with E-state index < -0.39 is 0 Å². The summed E-state index contributed by atoms with van der Waals surface area (Å²) in [6.07, 6.45) is 1.38. The van der Waals surface area contributed by atoms with Crippen molar-refractivity contribution in [3.8, 4) is 11.5 Å². The molecule has 0 fully saturated rings. The summed E-state index contributed by atoms with van der Waals surface area (Å²) in [6, 6.07) is 18.0. The first kappa shape index (κ1) is 16.3. The maximum absolute atomic E-state index is 11.9. The van der Waals surface area contributed by atoms with Gasteiger partial charge in [0.1, 0.15) is 0 Å². The Morgan fingerprint density at radius 2 is 1.80 bits per heavy atom. The number of rotatable bonds is 5. The van der Waals surface area contributed by atoms with Gasteiger partial charge in [-0.1, -0.05) is 36.4 Å². The molecule has 0 spiro atoms. The Hall–Kier alpha value is -3.54. The number of hydrogen-bond donors (Lipinski definition) is 4. The van der Waals surface area contributed by atoms with E-state index in [1.807, 2.05) is 42.5 Å². The Morgan fingerprint density at radius 1 is 1.00 bits per heavy atom. The van der Waals surface area contributed by atoms with Gasteiger partial charge in [0.25, 0.3) is 5.91 Å². The summed E-state index contributed by atoms with van der Waals surface area (Å²) in [5.41, 5.74) is 3.84. The van der Waals surface area contributed by atoms with Gasteiger partial charge in [0.15, 0.2) is 11.5 Å². The molecule has 0 saturated heterocycles. The number of phenols is 2. The Morgan fingerprint density at radius 3 is 2.64 bits per heavy atom. The van der Waals surface area contributed by atoms with Crippen LogP contribution in [0.25, 0.3) is 10.8 Å². The SMILES string of the molecule is O=C(CNc1cccc2ccccc12)NN=Cc1ccc(O)c(O)c1. The van der Waals surface area contributed by atoms with Crippen LogP contribution in [0.2, 0.25) is 0 Å². The first-order chi connectivity index (χ1) is 12.1.